The number of nitrogen functional groups attached to an aromatic ring is 1. The van der Waals surface area contributed by atoms with E-state index in [0.29, 0.717) is 11.4 Å². The van der Waals surface area contributed by atoms with E-state index in [1.165, 1.54) is 31.4 Å². The first-order chi connectivity index (χ1) is 9.47. The minimum absolute atomic E-state index is 0.0761. The Kier molecular flexibility index (Phi) is 4.85. The van der Waals surface area contributed by atoms with E-state index in [1.54, 1.807) is 6.07 Å². The molecule has 1 aromatic carbocycles. The molecule has 2 rings (SSSR count). The highest BCUT2D eigenvalue weighted by molar-refractivity contribution is 7.89. The van der Waals surface area contributed by atoms with Gasteiger partial charge in [0.1, 0.15) is 0 Å². The number of benzene rings is 1. The van der Waals surface area contributed by atoms with Crippen LogP contribution in [0.2, 0.25) is 0 Å². The molecule has 1 aliphatic rings. The largest absolute Gasteiger partial charge is 0.397 e. The predicted molar refractivity (Wildman–Crippen MR) is 81.0 cm³/mol. The second kappa shape index (κ2) is 6.43. The van der Waals surface area contributed by atoms with Crippen molar-refractivity contribution in [1.29, 1.82) is 0 Å². The minimum atomic E-state index is -3.69. The Bertz CT molecular complexity index is 553. The fourth-order valence-electron chi connectivity index (χ4n) is 2.40. The lowest BCUT2D eigenvalue weighted by molar-refractivity contribution is 0.237. The summed E-state index contributed by atoms with van der Waals surface area (Å²) in [6.07, 6.45) is 3.82. The van der Waals surface area contributed by atoms with Crippen LogP contribution in [0.5, 0.6) is 0 Å². The van der Waals surface area contributed by atoms with Crippen LogP contribution in [0.1, 0.15) is 19.3 Å². The molecule has 0 radical (unpaired) electrons. The number of anilines is 2. The molecule has 0 atom stereocenters. The van der Waals surface area contributed by atoms with Crippen molar-refractivity contribution in [2.75, 3.05) is 37.2 Å². The molecule has 0 amide bonds. The Morgan fingerprint density at radius 2 is 1.90 bits per heavy atom. The van der Waals surface area contributed by atoms with Crippen LogP contribution < -0.4 is 16.2 Å². The normalized spacial score (nSPS) is 17.1. The van der Waals surface area contributed by atoms with Crippen molar-refractivity contribution in [1.82, 2.24) is 4.90 Å². The van der Waals surface area contributed by atoms with Crippen LogP contribution in [-0.2, 0) is 10.0 Å². The van der Waals surface area contributed by atoms with Gasteiger partial charge in [-0.05, 0) is 44.1 Å². The molecule has 0 spiro atoms. The van der Waals surface area contributed by atoms with Crippen LogP contribution in [0.3, 0.4) is 0 Å². The van der Waals surface area contributed by atoms with Gasteiger partial charge in [-0.15, -0.1) is 0 Å². The first kappa shape index (κ1) is 15.1. The third-order valence-corrected chi connectivity index (χ3v) is 4.46. The molecule has 1 aromatic rings. The van der Waals surface area contributed by atoms with E-state index >= 15 is 0 Å². The number of hydrogen-bond donors (Lipinski definition) is 3. The number of primary sulfonamides is 1. The first-order valence-electron chi connectivity index (χ1n) is 6.85. The zero-order valence-electron chi connectivity index (χ0n) is 11.5. The first-order valence-corrected chi connectivity index (χ1v) is 8.40. The zero-order valence-corrected chi connectivity index (χ0v) is 12.3. The molecule has 1 aliphatic heterocycles. The van der Waals surface area contributed by atoms with Gasteiger partial charge in [0.25, 0.3) is 0 Å². The van der Waals surface area contributed by atoms with Crippen molar-refractivity contribution in [2.24, 2.45) is 5.14 Å². The van der Waals surface area contributed by atoms with Crippen LogP contribution in [0.15, 0.2) is 23.1 Å². The molecule has 6 nitrogen and oxygen atoms in total. The molecule has 7 heteroatoms. The van der Waals surface area contributed by atoms with Gasteiger partial charge in [0, 0.05) is 13.1 Å². The average Bonchev–Trinajstić information content (AvgIpc) is 2.41. The lowest BCUT2D eigenvalue weighted by atomic mass is 10.1. The molecule has 1 heterocycles. The summed E-state index contributed by atoms with van der Waals surface area (Å²) < 4.78 is 22.6. The summed E-state index contributed by atoms with van der Waals surface area (Å²) >= 11 is 0. The van der Waals surface area contributed by atoms with E-state index < -0.39 is 10.0 Å². The molecule has 0 aromatic heterocycles. The average molecular weight is 298 g/mol. The van der Waals surface area contributed by atoms with Gasteiger partial charge in [-0.1, -0.05) is 6.42 Å². The molecule has 5 N–H and O–H groups in total. The number of sulfonamides is 1. The SMILES string of the molecule is Nc1ccc(S(N)(=O)=O)cc1NCCN1CCCCC1. The van der Waals surface area contributed by atoms with Crippen molar-refractivity contribution in [3.05, 3.63) is 18.2 Å². The standard InChI is InChI=1S/C13H22N4O2S/c14-12-5-4-11(20(15,18)19)10-13(12)16-6-9-17-7-2-1-3-8-17/h4-5,10,16H,1-3,6-9,14H2,(H2,15,18,19). The number of nitrogens with one attached hydrogen (secondary N) is 1. The van der Waals surface area contributed by atoms with E-state index in [1.807, 2.05) is 0 Å². The Morgan fingerprint density at radius 1 is 1.20 bits per heavy atom. The summed E-state index contributed by atoms with van der Waals surface area (Å²) in [6.45, 7) is 3.93. The van der Waals surface area contributed by atoms with Gasteiger partial charge in [-0.2, -0.15) is 0 Å². The molecule has 20 heavy (non-hydrogen) atoms. The molecule has 0 unspecified atom stereocenters. The fourth-order valence-corrected chi connectivity index (χ4v) is 2.94. The topological polar surface area (TPSA) is 101 Å². The molecular formula is C13H22N4O2S. The maximum Gasteiger partial charge on any atom is 0.238 e. The van der Waals surface area contributed by atoms with Crippen molar-refractivity contribution < 1.29 is 8.42 Å². The van der Waals surface area contributed by atoms with Crippen molar-refractivity contribution >= 4 is 21.4 Å². The van der Waals surface area contributed by atoms with E-state index in [0.717, 1.165) is 26.2 Å². The molecule has 0 bridgehead atoms. The Hall–Kier alpha value is -1.31. The van der Waals surface area contributed by atoms with Gasteiger partial charge in [0.15, 0.2) is 0 Å². The van der Waals surface area contributed by atoms with Crippen molar-refractivity contribution in [3.63, 3.8) is 0 Å². The van der Waals surface area contributed by atoms with Crippen molar-refractivity contribution in [2.45, 2.75) is 24.2 Å². The van der Waals surface area contributed by atoms with Crippen LogP contribution in [-0.4, -0.2) is 39.5 Å². The maximum atomic E-state index is 11.3. The Balaban J connectivity index is 1.94. The van der Waals surface area contributed by atoms with Gasteiger partial charge in [-0.3, -0.25) is 0 Å². The summed E-state index contributed by atoms with van der Waals surface area (Å²) in [5.41, 5.74) is 6.98. The van der Waals surface area contributed by atoms with Crippen LogP contribution in [0, 0.1) is 0 Å². The van der Waals surface area contributed by atoms with E-state index in [2.05, 4.69) is 10.2 Å². The molecule has 1 fully saturated rings. The minimum Gasteiger partial charge on any atom is -0.397 e. The monoisotopic (exact) mass is 298 g/mol. The third kappa shape index (κ3) is 4.09. The highest BCUT2D eigenvalue weighted by Crippen LogP contribution is 2.22. The number of hydrogen-bond acceptors (Lipinski definition) is 5. The number of piperidine rings is 1. The summed E-state index contributed by atoms with van der Waals surface area (Å²) in [6, 6.07) is 4.46. The van der Waals surface area contributed by atoms with Crippen LogP contribution >= 0.6 is 0 Å². The number of nitrogens with two attached hydrogens (primary N) is 2. The van der Waals surface area contributed by atoms with Gasteiger partial charge in [-0.25, -0.2) is 13.6 Å². The molecular weight excluding hydrogens is 276 g/mol. The van der Waals surface area contributed by atoms with Gasteiger partial charge in [0.05, 0.1) is 16.3 Å². The van der Waals surface area contributed by atoms with Crippen LogP contribution in [0.25, 0.3) is 0 Å². The van der Waals surface area contributed by atoms with Gasteiger partial charge < -0.3 is 16.0 Å². The predicted octanol–water partition coefficient (Wildman–Crippen LogP) is 0.814. The molecule has 112 valence electrons. The molecule has 0 saturated carbocycles. The number of nitrogens with zero attached hydrogens (tertiary/aromatic N) is 1. The van der Waals surface area contributed by atoms with Crippen LogP contribution in [0.4, 0.5) is 11.4 Å². The second-order valence-electron chi connectivity index (χ2n) is 5.12. The Morgan fingerprint density at radius 3 is 2.55 bits per heavy atom. The summed E-state index contributed by atoms with van der Waals surface area (Å²) in [7, 11) is -3.69. The maximum absolute atomic E-state index is 11.3. The molecule has 1 saturated heterocycles. The van der Waals surface area contributed by atoms with Gasteiger partial charge >= 0.3 is 0 Å². The quantitative estimate of drug-likeness (QED) is 0.698. The van der Waals surface area contributed by atoms with E-state index in [-0.39, 0.29) is 4.90 Å². The second-order valence-corrected chi connectivity index (χ2v) is 6.68. The highest BCUT2D eigenvalue weighted by Gasteiger charge is 2.12. The zero-order chi connectivity index (χ0) is 14.6. The number of rotatable bonds is 5. The number of likely N-dealkylation sites (tertiary alicyclic amines) is 1. The van der Waals surface area contributed by atoms with Crippen molar-refractivity contribution in [3.8, 4) is 0 Å². The van der Waals surface area contributed by atoms with E-state index in [9.17, 15) is 8.42 Å². The summed E-state index contributed by atoms with van der Waals surface area (Å²) in [5.74, 6) is 0. The lowest BCUT2D eigenvalue weighted by Gasteiger charge is -2.26. The highest BCUT2D eigenvalue weighted by atomic mass is 32.2. The lowest BCUT2D eigenvalue weighted by Crippen LogP contribution is -2.33. The van der Waals surface area contributed by atoms with Gasteiger partial charge in [0.2, 0.25) is 10.0 Å². The van der Waals surface area contributed by atoms with E-state index in [4.69, 9.17) is 10.9 Å². The third-order valence-electron chi connectivity index (χ3n) is 3.55. The summed E-state index contributed by atoms with van der Waals surface area (Å²) in [4.78, 5) is 2.48. The molecule has 0 aliphatic carbocycles. The smallest absolute Gasteiger partial charge is 0.238 e. The summed E-state index contributed by atoms with van der Waals surface area (Å²) in [5, 5.41) is 8.30. The fraction of sp³-hybridized carbons (Fsp3) is 0.538. The Labute approximate surface area is 120 Å².